The van der Waals surface area contributed by atoms with Crippen LogP contribution in [0.5, 0.6) is 11.5 Å². The topological polar surface area (TPSA) is 38.7 Å². The summed E-state index contributed by atoms with van der Waals surface area (Å²) in [5, 5.41) is 9.39. The van der Waals surface area contributed by atoms with E-state index in [4.69, 9.17) is 26.2 Å². The van der Waals surface area contributed by atoms with Crippen molar-refractivity contribution in [2.45, 2.75) is 6.61 Å². The summed E-state index contributed by atoms with van der Waals surface area (Å²) in [5.41, 5.74) is 0.683. The fourth-order valence-corrected chi connectivity index (χ4v) is 1.43. The lowest BCUT2D eigenvalue weighted by molar-refractivity contribution is 0.279. The second-order valence-corrected chi connectivity index (χ2v) is 3.27. The smallest absolute Gasteiger partial charge is 0.180 e. The zero-order valence-electron chi connectivity index (χ0n) is 8.50. The Labute approximate surface area is 93.9 Å². The van der Waals surface area contributed by atoms with Gasteiger partial charge in [-0.2, -0.15) is 0 Å². The fourth-order valence-electron chi connectivity index (χ4n) is 1.15. The summed E-state index contributed by atoms with van der Waals surface area (Å²) in [7, 11) is 1.52. The average molecular weight is 229 g/mol. The van der Waals surface area contributed by atoms with E-state index in [0.717, 1.165) is 0 Å². The molecule has 1 aromatic rings. The van der Waals surface area contributed by atoms with Gasteiger partial charge in [-0.25, -0.2) is 0 Å². The Balaban J connectivity index is 3.06. The Morgan fingerprint density at radius 3 is 2.80 bits per heavy atom. The molecule has 0 amide bonds. The van der Waals surface area contributed by atoms with E-state index in [0.29, 0.717) is 28.7 Å². The number of methoxy groups -OCH3 is 1. The van der Waals surface area contributed by atoms with Crippen LogP contribution >= 0.6 is 11.6 Å². The van der Waals surface area contributed by atoms with Crippen molar-refractivity contribution in [2.24, 2.45) is 0 Å². The third-order valence-electron chi connectivity index (χ3n) is 1.82. The number of hydrogen-bond acceptors (Lipinski definition) is 3. The van der Waals surface area contributed by atoms with Gasteiger partial charge in [-0.15, -0.1) is 0 Å². The Morgan fingerprint density at radius 1 is 1.53 bits per heavy atom. The predicted molar refractivity (Wildman–Crippen MR) is 59.6 cm³/mol. The normalized spacial score (nSPS) is 9.80. The molecular weight excluding hydrogens is 216 g/mol. The number of hydrogen-bond donors (Lipinski definition) is 1. The van der Waals surface area contributed by atoms with E-state index in [-0.39, 0.29) is 6.61 Å². The van der Waals surface area contributed by atoms with Crippen molar-refractivity contribution >= 4 is 11.6 Å². The molecule has 0 saturated heterocycles. The Bertz CT molecular complexity index is 350. The Hall–Kier alpha value is -1.19. The Morgan fingerprint density at radius 2 is 2.27 bits per heavy atom. The molecule has 0 unspecified atom stereocenters. The van der Waals surface area contributed by atoms with E-state index < -0.39 is 0 Å². The molecule has 0 bridgehead atoms. The molecular formula is C11H13ClO3. The van der Waals surface area contributed by atoms with E-state index in [1.807, 2.05) is 0 Å². The van der Waals surface area contributed by atoms with Gasteiger partial charge in [-0.1, -0.05) is 24.3 Å². The molecule has 1 aromatic carbocycles. The van der Waals surface area contributed by atoms with Gasteiger partial charge in [0.05, 0.1) is 18.7 Å². The Kier molecular flexibility index (Phi) is 4.46. The molecule has 0 fully saturated rings. The number of halogens is 1. The quantitative estimate of drug-likeness (QED) is 0.787. The van der Waals surface area contributed by atoms with Gasteiger partial charge in [-0.3, -0.25) is 0 Å². The average Bonchev–Trinajstić information content (AvgIpc) is 2.26. The van der Waals surface area contributed by atoms with E-state index >= 15 is 0 Å². The van der Waals surface area contributed by atoms with Gasteiger partial charge in [0.1, 0.15) is 6.61 Å². The molecule has 1 rings (SSSR count). The van der Waals surface area contributed by atoms with E-state index in [1.165, 1.54) is 7.11 Å². The summed E-state index contributed by atoms with van der Waals surface area (Å²) in [4.78, 5) is 0. The monoisotopic (exact) mass is 228 g/mol. The largest absolute Gasteiger partial charge is 0.493 e. The zero-order valence-corrected chi connectivity index (χ0v) is 9.25. The summed E-state index contributed by atoms with van der Waals surface area (Å²) < 4.78 is 10.5. The first-order chi connectivity index (χ1) is 7.22. The van der Waals surface area contributed by atoms with E-state index in [2.05, 4.69) is 6.58 Å². The third kappa shape index (κ3) is 2.88. The summed E-state index contributed by atoms with van der Waals surface area (Å²) in [6, 6.07) is 3.33. The number of aliphatic hydroxyl groups excluding tert-OH is 1. The van der Waals surface area contributed by atoms with Crippen LogP contribution in [0.2, 0.25) is 5.02 Å². The maximum Gasteiger partial charge on any atom is 0.180 e. The molecule has 82 valence electrons. The van der Waals surface area contributed by atoms with Crippen LogP contribution in [-0.4, -0.2) is 18.8 Å². The number of aliphatic hydroxyl groups is 1. The lowest BCUT2D eigenvalue weighted by Crippen LogP contribution is -1.98. The maximum absolute atomic E-state index is 8.98. The van der Waals surface area contributed by atoms with Crippen LogP contribution in [-0.2, 0) is 6.61 Å². The first kappa shape index (κ1) is 11.9. The van der Waals surface area contributed by atoms with Crippen molar-refractivity contribution in [3.63, 3.8) is 0 Å². The highest BCUT2D eigenvalue weighted by molar-refractivity contribution is 6.32. The van der Waals surface area contributed by atoms with Crippen LogP contribution in [0, 0.1) is 0 Å². The highest BCUT2D eigenvalue weighted by atomic mass is 35.5. The van der Waals surface area contributed by atoms with Crippen LogP contribution in [0.3, 0.4) is 0 Å². The predicted octanol–water partition coefficient (Wildman–Crippen LogP) is 2.41. The summed E-state index contributed by atoms with van der Waals surface area (Å²) in [6.07, 6.45) is 1.62. The first-order valence-electron chi connectivity index (χ1n) is 4.44. The van der Waals surface area contributed by atoms with Gasteiger partial charge in [-0.05, 0) is 17.7 Å². The van der Waals surface area contributed by atoms with Crippen molar-refractivity contribution in [1.82, 2.24) is 0 Å². The van der Waals surface area contributed by atoms with Crippen LogP contribution < -0.4 is 9.47 Å². The minimum Gasteiger partial charge on any atom is -0.493 e. The van der Waals surface area contributed by atoms with Crippen LogP contribution in [0.15, 0.2) is 24.8 Å². The van der Waals surface area contributed by atoms with Crippen LogP contribution in [0.4, 0.5) is 0 Å². The van der Waals surface area contributed by atoms with Gasteiger partial charge in [0.25, 0.3) is 0 Å². The summed E-state index contributed by atoms with van der Waals surface area (Å²) in [5.74, 6) is 0.977. The van der Waals surface area contributed by atoms with Crippen molar-refractivity contribution in [3.8, 4) is 11.5 Å². The van der Waals surface area contributed by atoms with Gasteiger partial charge < -0.3 is 14.6 Å². The molecule has 3 nitrogen and oxygen atoms in total. The third-order valence-corrected chi connectivity index (χ3v) is 2.10. The lowest BCUT2D eigenvalue weighted by atomic mass is 10.2. The maximum atomic E-state index is 8.98. The fraction of sp³-hybridized carbons (Fsp3) is 0.273. The zero-order chi connectivity index (χ0) is 11.3. The van der Waals surface area contributed by atoms with Gasteiger partial charge in [0.15, 0.2) is 11.5 Å². The second kappa shape index (κ2) is 5.63. The molecule has 4 heteroatoms. The minimum absolute atomic E-state index is 0.0855. The molecule has 0 saturated carbocycles. The van der Waals surface area contributed by atoms with Crippen LogP contribution in [0.25, 0.3) is 0 Å². The summed E-state index contributed by atoms with van der Waals surface area (Å²) >= 11 is 5.98. The molecule has 1 N–H and O–H groups in total. The molecule has 0 aliphatic carbocycles. The SMILES string of the molecule is C=CCOc1c(Cl)cc(CO)cc1OC. The summed E-state index contributed by atoms with van der Waals surface area (Å²) in [6.45, 7) is 3.82. The molecule has 0 aromatic heterocycles. The second-order valence-electron chi connectivity index (χ2n) is 2.87. The molecule has 0 atom stereocenters. The van der Waals surface area contributed by atoms with Gasteiger partial charge >= 0.3 is 0 Å². The molecule has 0 radical (unpaired) electrons. The first-order valence-corrected chi connectivity index (χ1v) is 4.81. The number of ether oxygens (including phenoxy) is 2. The van der Waals surface area contributed by atoms with E-state index in [1.54, 1.807) is 18.2 Å². The lowest BCUT2D eigenvalue weighted by Gasteiger charge is -2.12. The van der Waals surface area contributed by atoms with Crippen LogP contribution in [0.1, 0.15) is 5.56 Å². The number of benzene rings is 1. The highest BCUT2D eigenvalue weighted by Crippen LogP contribution is 2.36. The minimum atomic E-state index is -0.0855. The van der Waals surface area contributed by atoms with Crippen molar-refractivity contribution in [2.75, 3.05) is 13.7 Å². The molecule has 0 spiro atoms. The van der Waals surface area contributed by atoms with Crippen molar-refractivity contribution in [1.29, 1.82) is 0 Å². The highest BCUT2D eigenvalue weighted by Gasteiger charge is 2.10. The van der Waals surface area contributed by atoms with Gasteiger partial charge in [0, 0.05) is 0 Å². The molecule has 0 aliphatic rings. The number of rotatable bonds is 5. The molecule has 0 aliphatic heterocycles. The molecule has 15 heavy (non-hydrogen) atoms. The standard InChI is InChI=1S/C11H13ClO3/c1-3-4-15-11-9(12)5-8(7-13)6-10(11)14-2/h3,5-6,13H,1,4,7H2,2H3. The van der Waals surface area contributed by atoms with Gasteiger partial charge in [0.2, 0.25) is 0 Å². The van der Waals surface area contributed by atoms with E-state index in [9.17, 15) is 0 Å². The molecule has 0 heterocycles. The van der Waals surface area contributed by atoms with Crippen molar-refractivity contribution in [3.05, 3.63) is 35.4 Å². The van der Waals surface area contributed by atoms with Crippen molar-refractivity contribution < 1.29 is 14.6 Å².